The summed E-state index contributed by atoms with van der Waals surface area (Å²) in [5.74, 6) is -2.42. The fraction of sp³-hybridized carbons (Fsp3) is 0.407. The van der Waals surface area contributed by atoms with E-state index >= 15 is 0 Å². The van der Waals surface area contributed by atoms with Crippen molar-refractivity contribution in [3.05, 3.63) is 71.5 Å². The molecule has 0 bridgehead atoms. The molecule has 0 aromatic heterocycles. The molecule has 2 aliphatic rings. The summed E-state index contributed by atoms with van der Waals surface area (Å²) in [6.45, 7) is 0.861. The molecule has 0 unspecified atom stereocenters. The number of likely N-dealkylation sites (tertiary alicyclic amines) is 2. The van der Waals surface area contributed by atoms with E-state index in [0.717, 1.165) is 4.90 Å². The van der Waals surface area contributed by atoms with Crippen molar-refractivity contribution in [2.45, 2.75) is 31.1 Å². The highest BCUT2D eigenvalue weighted by Gasteiger charge is 2.55. The van der Waals surface area contributed by atoms with E-state index < -0.39 is 23.0 Å². The van der Waals surface area contributed by atoms with Gasteiger partial charge in [0.15, 0.2) is 5.78 Å². The van der Waals surface area contributed by atoms with Crippen molar-refractivity contribution in [3.63, 3.8) is 0 Å². The van der Waals surface area contributed by atoms with Crippen molar-refractivity contribution in [1.29, 1.82) is 0 Å². The molecular weight excluding hydrogens is 451 g/mol. The minimum absolute atomic E-state index is 0.0234. The standard InChI is InChI=1S/C27H29FN2O5/c1-35-15-14-30-24(32)17-27(26(30)34,21-11-5-6-12-22(21)28)16-23(31)29-13-7-10-20(18-29)25(33)19-8-3-2-4-9-19/h2-6,8-9,11-12,20H,7,10,13-18H2,1H3/t20-,27+/m0/s1. The van der Waals surface area contributed by atoms with Crippen LogP contribution in [0.25, 0.3) is 0 Å². The summed E-state index contributed by atoms with van der Waals surface area (Å²) in [4.78, 5) is 55.5. The second-order valence-electron chi connectivity index (χ2n) is 9.17. The molecule has 35 heavy (non-hydrogen) atoms. The Morgan fingerprint density at radius 1 is 1.09 bits per heavy atom. The van der Waals surface area contributed by atoms with Gasteiger partial charge in [0.1, 0.15) is 5.82 Å². The summed E-state index contributed by atoms with van der Waals surface area (Å²) in [7, 11) is 1.46. The lowest BCUT2D eigenvalue weighted by Crippen LogP contribution is -2.47. The third-order valence-corrected chi connectivity index (χ3v) is 6.97. The number of rotatable bonds is 8. The van der Waals surface area contributed by atoms with Crippen molar-refractivity contribution in [2.24, 2.45) is 5.92 Å². The van der Waals surface area contributed by atoms with Gasteiger partial charge >= 0.3 is 0 Å². The third-order valence-electron chi connectivity index (χ3n) is 6.97. The lowest BCUT2D eigenvalue weighted by Gasteiger charge is -2.35. The van der Waals surface area contributed by atoms with Crippen LogP contribution in [0.3, 0.4) is 0 Å². The molecule has 2 saturated heterocycles. The number of benzene rings is 2. The lowest BCUT2D eigenvalue weighted by molar-refractivity contribution is -0.143. The summed E-state index contributed by atoms with van der Waals surface area (Å²) in [6.07, 6.45) is 0.684. The van der Waals surface area contributed by atoms with Crippen LogP contribution in [0.2, 0.25) is 0 Å². The van der Waals surface area contributed by atoms with E-state index in [1.807, 2.05) is 6.07 Å². The highest BCUT2D eigenvalue weighted by Crippen LogP contribution is 2.41. The minimum atomic E-state index is -1.62. The average molecular weight is 481 g/mol. The first-order valence-corrected chi connectivity index (χ1v) is 11.8. The number of carbonyl (C=O) groups is 4. The fourth-order valence-electron chi connectivity index (χ4n) is 5.13. The van der Waals surface area contributed by atoms with E-state index in [2.05, 4.69) is 0 Å². The molecule has 2 aromatic carbocycles. The Kier molecular flexibility index (Phi) is 7.40. The van der Waals surface area contributed by atoms with Crippen LogP contribution in [-0.4, -0.2) is 66.7 Å². The van der Waals surface area contributed by atoms with Gasteiger partial charge in [-0.1, -0.05) is 48.5 Å². The number of ketones is 1. The number of ether oxygens (including phenoxy) is 1. The van der Waals surface area contributed by atoms with Gasteiger partial charge in [0.25, 0.3) is 0 Å². The Balaban J connectivity index is 1.59. The Morgan fingerprint density at radius 3 is 2.51 bits per heavy atom. The van der Waals surface area contributed by atoms with Gasteiger partial charge in [-0.15, -0.1) is 0 Å². The normalized spacial score (nSPS) is 22.5. The number of hydrogen-bond donors (Lipinski definition) is 0. The molecule has 0 aliphatic carbocycles. The zero-order chi connectivity index (χ0) is 25.0. The largest absolute Gasteiger partial charge is 0.383 e. The molecule has 2 atom stereocenters. The van der Waals surface area contributed by atoms with Crippen LogP contribution in [0.4, 0.5) is 4.39 Å². The molecule has 2 aliphatic heterocycles. The van der Waals surface area contributed by atoms with Gasteiger partial charge in [0, 0.05) is 50.1 Å². The fourth-order valence-corrected chi connectivity index (χ4v) is 5.13. The average Bonchev–Trinajstić information content (AvgIpc) is 3.12. The van der Waals surface area contributed by atoms with Gasteiger partial charge in [-0.25, -0.2) is 4.39 Å². The molecule has 7 nitrogen and oxygen atoms in total. The third kappa shape index (κ3) is 4.89. The summed E-state index contributed by atoms with van der Waals surface area (Å²) in [6, 6.07) is 14.7. The van der Waals surface area contributed by atoms with Gasteiger partial charge in [-0.2, -0.15) is 0 Å². The van der Waals surface area contributed by atoms with E-state index in [-0.39, 0.29) is 55.7 Å². The van der Waals surface area contributed by atoms with Crippen LogP contribution in [0, 0.1) is 11.7 Å². The molecule has 4 rings (SSSR count). The van der Waals surface area contributed by atoms with Crippen molar-refractivity contribution in [1.82, 2.24) is 9.80 Å². The van der Waals surface area contributed by atoms with Crippen LogP contribution >= 0.6 is 0 Å². The minimum Gasteiger partial charge on any atom is -0.383 e. The van der Waals surface area contributed by atoms with Crippen molar-refractivity contribution in [2.75, 3.05) is 33.4 Å². The van der Waals surface area contributed by atoms with Crippen LogP contribution in [0.15, 0.2) is 54.6 Å². The number of Topliss-reactive ketones (excluding diaryl/α,β-unsaturated/α-hetero) is 1. The zero-order valence-electron chi connectivity index (χ0n) is 19.7. The number of piperidine rings is 1. The smallest absolute Gasteiger partial charge is 0.241 e. The summed E-state index contributed by atoms with van der Waals surface area (Å²) < 4.78 is 20.0. The van der Waals surface area contributed by atoms with Crippen molar-refractivity contribution < 1.29 is 28.3 Å². The number of carbonyl (C=O) groups excluding carboxylic acids is 4. The first-order valence-electron chi connectivity index (χ1n) is 11.8. The number of nitrogens with zero attached hydrogens (tertiary/aromatic N) is 2. The second kappa shape index (κ2) is 10.5. The second-order valence-corrected chi connectivity index (χ2v) is 9.17. The van der Waals surface area contributed by atoms with E-state index in [1.54, 1.807) is 35.2 Å². The maximum Gasteiger partial charge on any atom is 0.241 e. The van der Waals surface area contributed by atoms with Gasteiger partial charge < -0.3 is 9.64 Å². The number of methoxy groups -OCH3 is 1. The van der Waals surface area contributed by atoms with Crippen LogP contribution in [-0.2, 0) is 24.5 Å². The van der Waals surface area contributed by atoms with E-state index in [4.69, 9.17) is 4.74 Å². The molecule has 2 fully saturated rings. The SMILES string of the molecule is COCCN1C(=O)C[C@](CC(=O)N2CCC[C@H](C(=O)c3ccccc3)C2)(c2ccccc2F)C1=O. The number of imide groups is 1. The lowest BCUT2D eigenvalue weighted by atomic mass is 9.75. The molecule has 0 saturated carbocycles. The zero-order valence-corrected chi connectivity index (χ0v) is 19.7. The van der Waals surface area contributed by atoms with Crippen molar-refractivity contribution >= 4 is 23.5 Å². The number of halogens is 1. The Hall–Kier alpha value is -3.39. The van der Waals surface area contributed by atoms with Crippen LogP contribution in [0.1, 0.15) is 41.6 Å². The quantitative estimate of drug-likeness (QED) is 0.429. The molecule has 2 heterocycles. The Bertz CT molecular complexity index is 1120. The molecule has 0 radical (unpaired) electrons. The van der Waals surface area contributed by atoms with Crippen LogP contribution < -0.4 is 0 Å². The monoisotopic (exact) mass is 480 g/mol. The molecule has 0 spiro atoms. The predicted molar refractivity (Wildman–Crippen MR) is 126 cm³/mol. The maximum atomic E-state index is 14.9. The summed E-state index contributed by atoms with van der Waals surface area (Å²) >= 11 is 0. The molecule has 8 heteroatoms. The molecule has 184 valence electrons. The van der Waals surface area contributed by atoms with E-state index in [0.29, 0.717) is 24.9 Å². The van der Waals surface area contributed by atoms with Gasteiger partial charge in [-0.05, 0) is 18.9 Å². The Labute approximate surface area is 203 Å². The van der Waals surface area contributed by atoms with Gasteiger partial charge in [-0.3, -0.25) is 24.1 Å². The molecule has 3 amide bonds. The number of amides is 3. The van der Waals surface area contributed by atoms with Gasteiger partial charge in [0.2, 0.25) is 17.7 Å². The topological polar surface area (TPSA) is 84.0 Å². The number of hydrogen-bond acceptors (Lipinski definition) is 5. The summed E-state index contributed by atoms with van der Waals surface area (Å²) in [5, 5.41) is 0. The van der Waals surface area contributed by atoms with Crippen LogP contribution in [0.5, 0.6) is 0 Å². The molecule has 2 aromatic rings. The van der Waals surface area contributed by atoms with E-state index in [9.17, 15) is 23.6 Å². The molecular formula is C27H29FN2O5. The highest BCUT2D eigenvalue weighted by atomic mass is 19.1. The highest BCUT2D eigenvalue weighted by molar-refractivity contribution is 6.10. The Morgan fingerprint density at radius 2 is 1.80 bits per heavy atom. The maximum absolute atomic E-state index is 14.9. The first kappa shape index (κ1) is 24.7. The van der Waals surface area contributed by atoms with Gasteiger partial charge in [0.05, 0.1) is 18.6 Å². The predicted octanol–water partition coefficient (Wildman–Crippen LogP) is 2.98. The summed E-state index contributed by atoms with van der Waals surface area (Å²) in [5.41, 5.74) is -0.982. The van der Waals surface area contributed by atoms with Crippen molar-refractivity contribution in [3.8, 4) is 0 Å². The molecule has 0 N–H and O–H groups in total. The van der Waals surface area contributed by atoms with E-state index in [1.165, 1.54) is 25.3 Å². The first-order chi connectivity index (χ1) is 16.9.